The third-order valence-corrected chi connectivity index (χ3v) is 5.22. The average Bonchev–Trinajstić information content (AvgIpc) is 2.99. The van der Waals surface area contributed by atoms with Gasteiger partial charge in [-0.1, -0.05) is 42.1 Å². The molecule has 0 bridgehead atoms. The summed E-state index contributed by atoms with van der Waals surface area (Å²) in [5, 5.41) is 4.71. The van der Waals surface area contributed by atoms with Crippen molar-refractivity contribution in [2.45, 2.75) is 9.79 Å². The topological polar surface area (TPSA) is 31.1 Å². The van der Waals surface area contributed by atoms with E-state index in [0.717, 1.165) is 26.2 Å². The SMILES string of the molecule is c1ccc(N2CCNCC2)c(Sc2c[nH]c3ccccc23)c1. The molecule has 0 atom stereocenters. The van der Waals surface area contributed by atoms with Gasteiger partial charge >= 0.3 is 0 Å². The van der Waals surface area contributed by atoms with E-state index >= 15 is 0 Å². The highest BCUT2D eigenvalue weighted by Gasteiger charge is 2.15. The molecule has 112 valence electrons. The molecule has 1 saturated heterocycles. The number of H-pyrrole nitrogens is 1. The van der Waals surface area contributed by atoms with Crippen LogP contribution in [-0.2, 0) is 0 Å². The summed E-state index contributed by atoms with van der Waals surface area (Å²) in [5.41, 5.74) is 2.55. The number of nitrogens with zero attached hydrogens (tertiary/aromatic N) is 1. The van der Waals surface area contributed by atoms with Gasteiger partial charge in [0.2, 0.25) is 0 Å². The van der Waals surface area contributed by atoms with E-state index in [2.05, 4.69) is 69.9 Å². The smallest absolute Gasteiger partial charge is 0.0508 e. The van der Waals surface area contributed by atoms with Gasteiger partial charge in [-0.3, -0.25) is 0 Å². The third-order valence-electron chi connectivity index (χ3n) is 4.09. The molecule has 0 amide bonds. The Hall–Kier alpha value is -1.91. The van der Waals surface area contributed by atoms with Gasteiger partial charge in [-0.25, -0.2) is 0 Å². The highest BCUT2D eigenvalue weighted by Crippen LogP contribution is 2.38. The standard InChI is InChI=1S/C18H19N3S/c1-2-6-15-14(5-1)18(13-20-15)22-17-8-4-3-7-16(17)21-11-9-19-10-12-21/h1-8,13,19-20H,9-12H2. The predicted molar refractivity (Wildman–Crippen MR) is 93.9 cm³/mol. The molecule has 2 aromatic carbocycles. The second-order valence-electron chi connectivity index (χ2n) is 5.51. The number of piperazine rings is 1. The summed E-state index contributed by atoms with van der Waals surface area (Å²) in [6.45, 7) is 4.27. The van der Waals surface area contributed by atoms with Crippen LogP contribution in [0.25, 0.3) is 10.9 Å². The molecule has 0 radical (unpaired) electrons. The van der Waals surface area contributed by atoms with Crippen molar-refractivity contribution in [1.82, 2.24) is 10.3 Å². The van der Waals surface area contributed by atoms with Gasteiger partial charge in [0.05, 0.1) is 5.69 Å². The summed E-state index contributed by atoms with van der Waals surface area (Å²) >= 11 is 1.85. The Morgan fingerprint density at radius 2 is 1.64 bits per heavy atom. The molecule has 2 N–H and O–H groups in total. The van der Waals surface area contributed by atoms with Crippen molar-refractivity contribution < 1.29 is 0 Å². The lowest BCUT2D eigenvalue weighted by molar-refractivity contribution is 0.587. The lowest BCUT2D eigenvalue weighted by Gasteiger charge is -2.30. The highest BCUT2D eigenvalue weighted by atomic mass is 32.2. The number of para-hydroxylation sites is 2. The maximum Gasteiger partial charge on any atom is 0.0508 e. The number of aromatic amines is 1. The zero-order chi connectivity index (χ0) is 14.8. The van der Waals surface area contributed by atoms with Crippen molar-refractivity contribution in [3.63, 3.8) is 0 Å². The number of rotatable bonds is 3. The van der Waals surface area contributed by atoms with E-state index in [1.54, 1.807) is 0 Å². The quantitative estimate of drug-likeness (QED) is 0.773. The number of hydrogen-bond acceptors (Lipinski definition) is 3. The molecule has 0 aliphatic carbocycles. The first-order valence-corrected chi connectivity index (χ1v) is 8.52. The first kappa shape index (κ1) is 13.7. The van der Waals surface area contributed by atoms with E-state index in [1.165, 1.54) is 26.4 Å². The minimum atomic E-state index is 1.06. The molecule has 1 aliphatic heterocycles. The van der Waals surface area contributed by atoms with Crippen LogP contribution in [0.1, 0.15) is 0 Å². The van der Waals surface area contributed by atoms with Crippen LogP contribution in [0.3, 0.4) is 0 Å². The zero-order valence-electron chi connectivity index (χ0n) is 12.4. The molecule has 1 aliphatic rings. The average molecular weight is 309 g/mol. The predicted octanol–water partition coefficient (Wildman–Crippen LogP) is 3.73. The molecule has 0 saturated carbocycles. The van der Waals surface area contributed by atoms with Crippen LogP contribution in [0.2, 0.25) is 0 Å². The maximum absolute atomic E-state index is 3.42. The number of hydrogen-bond donors (Lipinski definition) is 2. The fraction of sp³-hybridized carbons (Fsp3) is 0.222. The largest absolute Gasteiger partial charge is 0.368 e. The van der Waals surface area contributed by atoms with E-state index in [-0.39, 0.29) is 0 Å². The molecule has 2 heterocycles. The molecule has 0 unspecified atom stereocenters. The molecule has 4 rings (SSSR count). The first-order chi connectivity index (χ1) is 10.9. The molecule has 0 spiro atoms. The number of benzene rings is 2. The molecule has 1 fully saturated rings. The Morgan fingerprint density at radius 1 is 0.864 bits per heavy atom. The van der Waals surface area contributed by atoms with Gasteiger partial charge in [0, 0.05) is 53.1 Å². The summed E-state index contributed by atoms with van der Waals surface area (Å²) in [7, 11) is 0. The summed E-state index contributed by atoms with van der Waals surface area (Å²) in [5.74, 6) is 0. The van der Waals surface area contributed by atoms with Crippen molar-refractivity contribution in [3.8, 4) is 0 Å². The molecule has 3 aromatic rings. The molecule has 1 aromatic heterocycles. The van der Waals surface area contributed by atoms with Crippen LogP contribution in [0.4, 0.5) is 5.69 Å². The number of anilines is 1. The van der Waals surface area contributed by atoms with Crippen LogP contribution >= 0.6 is 11.8 Å². The van der Waals surface area contributed by atoms with Crippen molar-refractivity contribution >= 4 is 28.4 Å². The minimum absolute atomic E-state index is 1.06. The monoisotopic (exact) mass is 309 g/mol. The van der Waals surface area contributed by atoms with Crippen LogP contribution in [0, 0.1) is 0 Å². The van der Waals surface area contributed by atoms with Gasteiger partial charge in [-0.15, -0.1) is 0 Å². The van der Waals surface area contributed by atoms with E-state index in [9.17, 15) is 0 Å². The molecular weight excluding hydrogens is 290 g/mol. The van der Waals surface area contributed by atoms with E-state index in [1.807, 2.05) is 11.8 Å². The van der Waals surface area contributed by atoms with Crippen molar-refractivity contribution in [1.29, 1.82) is 0 Å². The Labute approximate surface area is 134 Å². The van der Waals surface area contributed by atoms with Gasteiger partial charge in [-0.05, 0) is 18.2 Å². The fourth-order valence-electron chi connectivity index (χ4n) is 2.96. The second-order valence-corrected chi connectivity index (χ2v) is 6.59. The summed E-state index contributed by atoms with van der Waals surface area (Å²) in [6.07, 6.45) is 2.11. The van der Waals surface area contributed by atoms with Gasteiger partial charge in [0.25, 0.3) is 0 Å². The summed E-state index contributed by atoms with van der Waals surface area (Å²) < 4.78 is 0. The lowest BCUT2D eigenvalue weighted by Crippen LogP contribution is -2.43. The summed E-state index contributed by atoms with van der Waals surface area (Å²) in [4.78, 5) is 8.46. The van der Waals surface area contributed by atoms with E-state index in [4.69, 9.17) is 0 Å². The van der Waals surface area contributed by atoms with Crippen molar-refractivity contribution in [2.75, 3.05) is 31.1 Å². The van der Waals surface area contributed by atoms with Gasteiger partial charge in [-0.2, -0.15) is 0 Å². The first-order valence-electron chi connectivity index (χ1n) is 7.70. The van der Waals surface area contributed by atoms with Gasteiger partial charge in [0.1, 0.15) is 0 Å². The van der Waals surface area contributed by atoms with Crippen molar-refractivity contribution in [3.05, 3.63) is 54.7 Å². The zero-order valence-corrected chi connectivity index (χ0v) is 13.2. The van der Waals surface area contributed by atoms with Gasteiger partial charge in [0.15, 0.2) is 0 Å². The van der Waals surface area contributed by atoms with Crippen LogP contribution < -0.4 is 10.2 Å². The van der Waals surface area contributed by atoms with E-state index in [0.29, 0.717) is 0 Å². The Morgan fingerprint density at radius 3 is 2.55 bits per heavy atom. The third kappa shape index (κ3) is 2.60. The minimum Gasteiger partial charge on any atom is -0.368 e. The Bertz CT molecular complexity index is 775. The molecule has 3 nitrogen and oxygen atoms in total. The maximum atomic E-state index is 3.42. The molecule has 4 heteroatoms. The number of nitrogens with one attached hydrogen (secondary N) is 2. The van der Waals surface area contributed by atoms with Crippen LogP contribution in [0.5, 0.6) is 0 Å². The number of aromatic nitrogens is 1. The van der Waals surface area contributed by atoms with E-state index < -0.39 is 0 Å². The van der Waals surface area contributed by atoms with Crippen LogP contribution in [0.15, 0.2) is 64.5 Å². The van der Waals surface area contributed by atoms with Crippen LogP contribution in [-0.4, -0.2) is 31.2 Å². The normalized spacial score (nSPS) is 15.4. The fourth-order valence-corrected chi connectivity index (χ4v) is 4.05. The number of fused-ring (bicyclic) bond motifs is 1. The highest BCUT2D eigenvalue weighted by molar-refractivity contribution is 7.99. The van der Waals surface area contributed by atoms with Crippen molar-refractivity contribution in [2.24, 2.45) is 0 Å². The lowest BCUT2D eigenvalue weighted by atomic mass is 10.2. The second kappa shape index (κ2) is 6.07. The molecular formula is C18H19N3S. The Balaban J connectivity index is 1.68. The Kier molecular flexibility index (Phi) is 3.79. The summed E-state index contributed by atoms with van der Waals surface area (Å²) in [6, 6.07) is 17.2. The molecule has 22 heavy (non-hydrogen) atoms. The van der Waals surface area contributed by atoms with Gasteiger partial charge < -0.3 is 15.2 Å².